The molecule has 0 aliphatic heterocycles. The molecule has 0 spiro atoms. The number of nitrogens with one attached hydrogen (secondary N) is 3. The van der Waals surface area contributed by atoms with E-state index in [0.29, 0.717) is 22.4 Å². The number of ketones is 1. The van der Waals surface area contributed by atoms with Crippen molar-refractivity contribution in [2.45, 2.75) is 117 Å². The van der Waals surface area contributed by atoms with E-state index in [2.05, 4.69) is 242 Å². The van der Waals surface area contributed by atoms with Crippen LogP contribution in [0.1, 0.15) is 111 Å². The van der Waals surface area contributed by atoms with Crippen LogP contribution in [0.15, 0.2) is 255 Å². The first-order chi connectivity index (χ1) is 51.2. The standard InChI is InChI=1S/C20H26BrN3OSSi.C19H23BrO2Si.C15H25NO3Si.C14H12BrN3OS.C6H4Br2.C6H4Br.CH5N3S.BrH.Mg/c1-20(2,3)27(4,5)25-17-11-7-9-15(13-17)18(23-24-19(22)26)14-8-6-10-16(21)12-14;1-19(2,3)23(4,5)22-17-11-7-9-15(13-17)18(21)14-8-6-10-16(20)12-14;1-15(2,3)20(6,7)19-13-10-8-9-12(11-13)14(17)16(4)18-5;15-11-5-1-3-9(7-11)13(17-18-14(16)20)10-4-2-6-12(19)8-10;7-5-2-1-3-6(8)4-5;7-6-4-2-1-3-5-6;2-1(5)4-3;;/h6-13H,1-5H3,(H3,22,24,26);6-13H,1-5H3;8-11H,1-7H3;1-8,19H,(H3,16,18,20);1-4H;1-2,4-5H;3H2,(H3,2,4,5);1H;/q;;;;;-1;;;+2/p-1. The molecule has 0 atom stereocenters. The third kappa shape index (κ3) is 38.5. The third-order valence-electron chi connectivity index (χ3n) is 16.9. The number of hydrogen-bond donors (Lipinski definition) is 8. The van der Waals surface area contributed by atoms with Gasteiger partial charge in [-0.05, 0) is 200 Å². The number of nitrogens with two attached hydrogens (primary N) is 4. The van der Waals surface area contributed by atoms with Crippen molar-refractivity contribution in [1.82, 2.24) is 21.3 Å². The van der Waals surface area contributed by atoms with Crippen LogP contribution in [0.3, 0.4) is 0 Å². The quantitative estimate of drug-likeness (QED) is 0.00850. The number of amides is 1. The minimum absolute atomic E-state index is 0. The summed E-state index contributed by atoms with van der Waals surface area (Å²) in [6.45, 7) is 33.1. The molecule has 0 aliphatic carbocycles. The largest absolute Gasteiger partial charge is 2.00 e. The molecule has 12 N–H and O–H groups in total. The molecule has 1 amide bonds. The topological polar surface area (TPSA) is 259 Å². The zero-order valence-corrected chi connectivity index (χ0v) is 83.9. The molecule has 0 saturated heterocycles. The number of hydrazone groups is 2. The van der Waals surface area contributed by atoms with Crippen LogP contribution in [0.25, 0.3) is 0 Å². The summed E-state index contributed by atoms with van der Waals surface area (Å²) in [5.74, 6) is 7.00. The number of hydroxylamine groups is 2. The van der Waals surface area contributed by atoms with E-state index in [1.165, 1.54) is 12.2 Å². The van der Waals surface area contributed by atoms with E-state index in [1.807, 2.05) is 193 Å². The summed E-state index contributed by atoms with van der Waals surface area (Å²) < 4.78 is 25.0. The van der Waals surface area contributed by atoms with Gasteiger partial charge in [-0.25, -0.2) is 10.9 Å². The minimum Gasteiger partial charge on any atom is -1.00 e. The van der Waals surface area contributed by atoms with E-state index in [4.69, 9.17) is 59.8 Å². The van der Waals surface area contributed by atoms with Crippen LogP contribution in [0.5, 0.6) is 23.0 Å². The van der Waals surface area contributed by atoms with Gasteiger partial charge in [0.15, 0.2) is 21.1 Å². The molecule has 0 radical (unpaired) electrons. The average Bonchev–Trinajstić information content (AvgIpc) is 0.818. The summed E-state index contributed by atoms with van der Waals surface area (Å²) in [7, 11) is -2.68. The maximum absolute atomic E-state index is 12.6. The van der Waals surface area contributed by atoms with E-state index < -0.39 is 25.0 Å². The molecule has 0 saturated carbocycles. The van der Waals surface area contributed by atoms with Crippen LogP contribution in [0, 0.1) is 6.07 Å². The van der Waals surface area contributed by atoms with Gasteiger partial charge in [-0.1, -0.05) is 231 Å². The molecule has 9 rings (SSSR count). The Morgan fingerprint density at radius 1 is 0.446 bits per heavy atom. The van der Waals surface area contributed by atoms with Gasteiger partial charge in [-0.3, -0.25) is 25.3 Å². The van der Waals surface area contributed by atoms with E-state index >= 15 is 0 Å². The van der Waals surface area contributed by atoms with Crippen molar-refractivity contribution in [2.24, 2.45) is 33.2 Å². The first kappa shape index (κ1) is 104. The van der Waals surface area contributed by atoms with E-state index in [0.717, 1.165) is 72.1 Å². The monoisotopic (exact) mass is 2080 g/mol. The number of phenols is 1. The summed E-state index contributed by atoms with van der Waals surface area (Å²) >= 11 is 34.2. The van der Waals surface area contributed by atoms with Crippen molar-refractivity contribution >= 4 is 219 Å². The maximum atomic E-state index is 12.6. The smallest absolute Gasteiger partial charge is 1.00 e. The molecular formula is C81H99Br7MgN10O7S3Si3. The molecule has 31 heteroatoms. The molecule has 0 bridgehead atoms. The van der Waals surface area contributed by atoms with E-state index in [1.54, 1.807) is 37.4 Å². The SMILES string of the molecule is Brc1c[c-]ccc1.Brc1cccc(Br)c1.CC(C)(C)[Si](C)(C)Oc1cccc(C(=NNC(N)=S)c2cccc(Br)c2)c1.CC(C)(C)[Si](C)(C)Oc1cccc(C(=O)c2cccc(Br)c2)c1.CON(C)C(=O)c1cccc(O[Si](C)(C)C(C)(C)C)c1.NC(=S)NN=C(c1cccc(O)c1)c1cccc(Br)c1.NNC(N)=S.[Br-].[Mg+2]. The molecule has 0 aromatic heterocycles. The van der Waals surface area contributed by atoms with Crippen LogP contribution in [0.4, 0.5) is 0 Å². The first-order valence-corrected chi connectivity index (χ1v) is 48.8. The van der Waals surface area contributed by atoms with Crippen molar-refractivity contribution in [1.29, 1.82) is 0 Å². The second kappa shape index (κ2) is 50.1. The molecule has 9 aromatic carbocycles. The Morgan fingerprint density at radius 3 is 1.03 bits per heavy atom. The predicted octanol–water partition coefficient (Wildman–Crippen LogP) is 18.7. The Hall–Kier alpha value is -5.57. The number of nitrogens with zero attached hydrogens (tertiary/aromatic N) is 3. The number of rotatable bonds is 16. The van der Waals surface area contributed by atoms with Gasteiger partial charge in [-0.2, -0.15) is 40.5 Å². The number of phenolic OH excluding ortho intramolecular Hbond substituents is 1. The maximum Gasteiger partial charge on any atom is 2.00 e. The fraction of sp³-hybridized carbons (Fsp3) is 0.247. The first-order valence-electron chi connectivity index (χ1n) is 34.1. The number of aromatic hydroxyl groups is 1. The van der Waals surface area contributed by atoms with Crippen molar-refractivity contribution in [2.75, 3.05) is 14.2 Å². The molecule has 112 heavy (non-hydrogen) atoms. The average molecular weight is 2090 g/mol. The fourth-order valence-electron chi connectivity index (χ4n) is 8.07. The number of carbonyl (C=O) groups excluding carboxylic acids is 2. The molecule has 0 unspecified atom stereocenters. The van der Waals surface area contributed by atoms with E-state index in [-0.39, 0.29) is 87.9 Å². The normalized spacial score (nSPS) is 11.2. The van der Waals surface area contributed by atoms with Gasteiger partial charge in [0.05, 0.1) is 18.5 Å². The Bertz CT molecular complexity index is 4520. The Kier molecular flexibility index (Phi) is 46.8. The van der Waals surface area contributed by atoms with Gasteiger partial charge in [-0.15, -0.1) is 15.9 Å². The predicted molar refractivity (Wildman–Crippen MR) is 502 cm³/mol. The van der Waals surface area contributed by atoms with Crippen LogP contribution >= 0.6 is 132 Å². The van der Waals surface area contributed by atoms with Crippen molar-refractivity contribution in [3.63, 3.8) is 0 Å². The van der Waals surface area contributed by atoms with Crippen molar-refractivity contribution in [3.8, 4) is 23.0 Å². The van der Waals surface area contributed by atoms with Crippen molar-refractivity contribution < 1.29 is 49.8 Å². The molecule has 0 fully saturated rings. The van der Waals surface area contributed by atoms with Crippen LogP contribution in [-0.4, -0.2) is 111 Å². The Labute approximate surface area is 758 Å². The van der Waals surface area contributed by atoms with Crippen LogP contribution in [0.2, 0.25) is 54.4 Å². The summed E-state index contributed by atoms with van der Waals surface area (Å²) in [5, 5.41) is 20.1. The zero-order valence-electron chi connectivity index (χ0n) is 65.9. The number of hydrogen-bond acceptors (Lipinski definition) is 13. The molecule has 0 heterocycles. The number of hydrazine groups is 1. The Balaban J connectivity index is 0.000000686. The van der Waals surface area contributed by atoms with Crippen LogP contribution < -0.4 is 69.6 Å². The Morgan fingerprint density at radius 2 is 0.732 bits per heavy atom. The minimum atomic E-state index is -1.93. The molecule has 596 valence electrons. The second-order valence-corrected chi connectivity index (χ2v) is 49.6. The summed E-state index contributed by atoms with van der Waals surface area (Å²) in [4.78, 5) is 29.6. The zero-order chi connectivity index (χ0) is 83.0. The fourth-order valence-corrected chi connectivity index (χ4v) is 13.8. The van der Waals surface area contributed by atoms with Gasteiger partial charge in [0.2, 0.25) is 25.0 Å². The van der Waals surface area contributed by atoms with Crippen molar-refractivity contribution in [3.05, 3.63) is 290 Å². The summed E-state index contributed by atoms with van der Waals surface area (Å²) in [6, 6.07) is 71.1. The number of halogens is 7. The number of benzene rings is 9. The molecule has 9 aromatic rings. The number of carbonyl (C=O) groups is 2. The summed E-state index contributed by atoms with van der Waals surface area (Å²) in [6.07, 6.45) is 0. The summed E-state index contributed by atoms with van der Waals surface area (Å²) in [5.41, 5.74) is 29.8. The molecule has 0 aliphatic rings. The van der Waals surface area contributed by atoms with Crippen LogP contribution in [-0.2, 0) is 4.84 Å². The van der Waals surface area contributed by atoms with E-state index in [9.17, 15) is 14.7 Å². The number of thiocarbonyl (C=S) groups is 3. The second-order valence-electron chi connectivity index (χ2n) is 28.6. The van der Waals surface area contributed by atoms with Gasteiger partial charge in [0.1, 0.15) is 23.0 Å². The van der Waals surface area contributed by atoms with Gasteiger partial charge in [0, 0.05) is 68.4 Å². The molecular weight excluding hydrogens is 1990 g/mol. The van der Waals surface area contributed by atoms with Gasteiger partial charge < -0.3 is 58.0 Å². The third-order valence-corrected chi connectivity index (χ3v) is 33.3. The van der Waals surface area contributed by atoms with Gasteiger partial charge in [0.25, 0.3) is 5.91 Å². The molecule has 17 nitrogen and oxygen atoms in total. The van der Waals surface area contributed by atoms with Gasteiger partial charge >= 0.3 is 23.1 Å².